The summed E-state index contributed by atoms with van der Waals surface area (Å²) < 4.78 is 5.29. The highest BCUT2D eigenvalue weighted by Gasteiger charge is 2.21. The van der Waals surface area contributed by atoms with Crippen molar-refractivity contribution in [2.75, 3.05) is 13.2 Å². The van der Waals surface area contributed by atoms with E-state index in [-0.39, 0.29) is 18.3 Å². The Balaban J connectivity index is 0.00000112. The molecule has 5 heteroatoms. The lowest BCUT2D eigenvalue weighted by Gasteiger charge is -2.21. The van der Waals surface area contributed by atoms with Crippen molar-refractivity contribution in [3.63, 3.8) is 0 Å². The molecule has 0 aliphatic carbocycles. The molecule has 1 saturated heterocycles. The second-order valence-electron chi connectivity index (χ2n) is 3.46. The van der Waals surface area contributed by atoms with Gasteiger partial charge in [-0.05, 0) is 35.8 Å². The number of hydrogen-bond acceptors (Lipinski definition) is 3. The first kappa shape index (κ1) is 12.5. The van der Waals surface area contributed by atoms with Gasteiger partial charge in [0, 0.05) is 13.2 Å². The fraction of sp³-hybridized carbons (Fsp3) is 0.500. The van der Waals surface area contributed by atoms with Gasteiger partial charge in [-0.3, -0.25) is 4.79 Å². The molecule has 3 nitrogen and oxygen atoms in total. The molecule has 0 radical (unpaired) electrons. The zero-order valence-electron chi connectivity index (χ0n) is 8.27. The lowest BCUT2D eigenvalue weighted by atomic mass is 9.92. The van der Waals surface area contributed by atoms with Gasteiger partial charge in [0.2, 0.25) is 0 Å². The smallest absolute Gasteiger partial charge is 0.259 e. The highest BCUT2D eigenvalue weighted by molar-refractivity contribution is 7.12. The molecule has 0 atom stereocenters. The quantitative estimate of drug-likeness (QED) is 0.871. The number of thiophene rings is 1. The average molecular weight is 248 g/mol. The third-order valence-electron chi connectivity index (χ3n) is 2.58. The van der Waals surface area contributed by atoms with Crippen molar-refractivity contribution in [3.05, 3.63) is 21.9 Å². The Morgan fingerprint density at radius 3 is 2.73 bits per heavy atom. The fourth-order valence-corrected chi connectivity index (χ4v) is 2.69. The highest BCUT2D eigenvalue weighted by atomic mass is 35.5. The summed E-state index contributed by atoms with van der Waals surface area (Å²) in [7, 11) is 0. The molecule has 0 bridgehead atoms. The van der Waals surface area contributed by atoms with Crippen molar-refractivity contribution in [2.45, 2.75) is 18.8 Å². The highest BCUT2D eigenvalue weighted by Crippen LogP contribution is 2.31. The molecule has 1 aromatic rings. The van der Waals surface area contributed by atoms with Crippen molar-refractivity contribution in [1.82, 2.24) is 0 Å². The van der Waals surface area contributed by atoms with E-state index in [1.165, 1.54) is 11.3 Å². The Morgan fingerprint density at radius 1 is 1.47 bits per heavy atom. The first-order valence-electron chi connectivity index (χ1n) is 4.74. The number of carbonyl (C=O) groups excluding carboxylic acids is 1. The molecule has 1 aromatic heterocycles. The number of primary amides is 1. The van der Waals surface area contributed by atoms with Crippen LogP contribution in [0, 0.1) is 0 Å². The molecule has 1 amide bonds. The molecular weight excluding hydrogens is 234 g/mol. The van der Waals surface area contributed by atoms with E-state index < -0.39 is 0 Å². The van der Waals surface area contributed by atoms with E-state index in [1.54, 1.807) is 0 Å². The fourth-order valence-electron chi connectivity index (χ4n) is 1.85. The Hall–Kier alpha value is -0.580. The molecule has 0 spiro atoms. The predicted molar refractivity (Wildman–Crippen MR) is 62.9 cm³/mol. The van der Waals surface area contributed by atoms with E-state index in [1.807, 2.05) is 11.4 Å². The minimum atomic E-state index is -0.304. The molecule has 0 unspecified atom stereocenters. The van der Waals surface area contributed by atoms with Crippen LogP contribution in [0.1, 0.15) is 34.0 Å². The number of hydrogen-bond donors (Lipinski definition) is 1. The molecule has 0 saturated carbocycles. The van der Waals surface area contributed by atoms with Crippen molar-refractivity contribution in [1.29, 1.82) is 0 Å². The SMILES string of the molecule is Cl.NC(=O)c1sccc1C1CCOCC1. The van der Waals surface area contributed by atoms with Gasteiger partial charge in [-0.2, -0.15) is 0 Å². The molecule has 2 N–H and O–H groups in total. The normalized spacial score (nSPS) is 17.1. The Bertz CT molecular complexity index is 334. The first-order chi connectivity index (χ1) is 6.79. The van der Waals surface area contributed by atoms with Gasteiger partial charge in [-0.1, -0.05) is 0 Å². The Kier molecular flexibility index (Phi) is 4.57. The number of carbonyl (C=O) groups is 1. The third kappa shape index (κ3) is 2.71. The first-order valence-corrected chi connectivity index (χ1v) is 5.62. The van der Waals surface area contributed by atoms with Crippen LogP contribution in [0.2, 0.25) is 0 Å². The zero-order valence-corrected chi connectivity index (χ0v) is 9.90. The summed E-state index contributed by atoms with van der Waals surface area (Å²) in [6.07, 6.45) is 1.99. The Morgan fingerprint density at radius 2 is 2.13 bits per heavy atom. The molecule has 2 heterocycles. The van der Waals surface area contributed by atoms with Gasteiger partial charge in [0.1, 0.15) is 0 Å². The minimum absolute atomic E-state index is 0. The van der Waals surface area contributed by atoms with Crippen LogP contribution in [0.5, 0.6) is 0 Å². The number of nitrogens with two attached hydrogens (primary N) is 1. The second-order valence-corrected chi connectivity index (χ2v) is 4.37. The van der Waals surface area contributed by atoms with Crippen LogP contribution in [-0.2, 0) is 4.74 Å². The van der Waals surface area contributed by atoms with Gasteiger partial charge < -0.3 is 10.5 Å². The number of ether oxygens (including phenoxy) is 1. The summed E-state index contributed by atoms with van der Waals surface area (Å²) >= 11 is 1.44. The summed E-state index contributed by atoms with van der Waals surface area (Å²) in [5.41, 5.74) is 6.42. The second kappa shape index (κ2) is 5.49. The number of rotatable bonds is 2. The van der Waals surface area contributed by atoms with E-state index in [4.69, 9.17) is 10.5 Å². The van der Waals surface area contributed by atoms with Crippen LogP contribution in [0.15, 0.2) is 11.4 Å². The van der Waals surface area contributed by atoms with E-state index in [2.05, 4.69) is 0 Å². The van der Waals surface area contributed by atoms with E-state index in [0.29, 0.717) is 5.92 Å². The van der Waals surface area contributed by atoms with Crippen molar-refractivity contribution in [2.24, 2.45) is 5.73 Å². The van der Waals surface area contributed by atoms with Crippen LogP contribution in [0.25, 0.3) is 0 Å². The van der Waals surface area contributed by atoms with Crippen LogP contribution in [0.4, 0.5) is 0 Å². The van der Waals surface area contributed by atoms with Gasteiger partial charge >= 0.3 is 0 Å². The molecular formula is C10H14ClNO2S. The van der Waals surface area contributed by atoms with Crippen LogP contribution in [-0.4, -0.2) is 19.1 Å². The minimum Gasteiger partial charge on any atom is -0.381 e. The van der Waals surface area contributed by atoms with Crippen LogP contribution in [0.3, 0.4) is 0 Å². The van der Waals surface area contributed by atoms with Crippen molar-refractivity contribution in [3.8, 4) is 0 Å². The lowest BCUT2D eigenvalue weighted by molar-refractivity contribution is 0.0846. The van der Waals surface area contributed by atoms with Crippen molar-refractivity contribution >= 4 is 29.7 Å². The van der Waals surface area contributed by atoms with E-state index >= 15 is 0 Å². The predicted octanol–water partition coefficient (Wildman–Crippen LogP) is 2.16. The topological polar surface area (TPSA) is 52.3 Å². The zero-order chi connectivity index (χ0) is 9.97. The van der Waals surface area contributed by atoms with E-state index in [9.17, 15) is 4.79 Å². The van der Waals surface area contributed by atoms with E-state index in [0.717, 1.165) is 36.5 Å². The number of amides is 1. The lowest BCUT2D eigenvalue weighted by Crippen LogP contribution is -2.18. The maximum absolute atomic E-state index is 11.1. The molecule has 0 aromatic carbocycles. The van der Waals surface area contributed by atoms with Crippen LogP contribution >= 0.6 is 23.7 Å². The standard InChI is InChI=1S/C10H13NO2S.ClH/c11-10(12)9-8(3-6-14-9)7-1-4-13-5-2-7;/h3,6-7H,1-2,4-5H2,(H2,11,12);1H. The molecule has 1 aliphatic rings. The summed E-state index contributed by atoms with van der Waals surface area (Å²) in [5.74, 6) is 0.152. The summed E-state index contributed by atoms with van der Waals surface area (Å²) in [6.45, 7) is 1.58. The van der Waals surface area contributed by atoms with Gasteiger partial charge in [0.15, 0.2) is 0 Å². The summed E-state index contributed by atoms with van der Waals surface area (Å²) in [5, 5.41) is 1.94. The maximum atomic E-state index is 11.1. The van der Waals surface area contributed by atoms with Gasteiger partial charge in [0.05, 0.1) is 4.88 Å². The molecule has 2 rings (SSSR count). The van der Waals surface area contributed by atoms with Crippen molar-refractivity contribution < 1.29 is 9.53 Å². The third-order valence-corrected chi connectivity index (χ3v) is 3.53. The summed E-state index contributed by atoms with van der Waals surface area (Å²) in [6, 6.07) is 2.01. The molecule has 1 fully saturated rings. The molecule has 15 heavy (non-hydrogen) atoms. The van der Waals surface area contributed by atoms with Gasteiger partial charge in [-0.15, -0.1) is 23.7 Å². The maximum Gasteiger partial charge on any atom is 0.259 e. The molecule has 84 valence electrons. The van der Waals surface area contributed by atoms with Gasteiger partial charge in [-0.25, -0.2) is 0 Å². The largest absolute Gasteiger partial charge is 0.381 e. The number of halogens is 1. The monoisotopic (exact) mass is 247 g/mol. The average Bonchev–Trinajstić information content (AvgIpc) is 2.67. The summed E-state index contributed by atoms with van der Waals surface area (Å²) in [4.78, 5) is 11.8. The van der Waals surface area contributed by atoms with Crippen LogP contribution < -0.4 is 5.73 Å². The Labute approximate surface area is 99.0 Å². The van der Waals surface area contributed by atoms with Gasteiger partial charge in [0.25, 0.3) is 5.91 Å². The molecule has 1 aliphatic heterocycles.